The van der Waals surface area contributed by atoms with Crippen LogP contribution < -0.4 is 22.7 Å². The van der Waals surface area contributed by atoms with E-state index in [-0.39, 0.29) is 22.5 Å². The zero-order chi connectivity index (χ0) is 16.3. The lowest BCUT2D eigenvalue weighted by atomic mass is 9.93. The number of carbonyl (C=O) groups excluding carboxylic acids is 3. The number of nitrogen functional groups attached to an aromatic ring is 1. The van der Waals surface area contributed by atoms with E-state index in [1.807, 2.05) is 0 Å². The van der Waals surface area contributed by atoms with Crippen molar-refractivity contribution in [2.45, 2.75) is 0 Å². The van der Waals surface area contributed by atoms with Crippen molar-refractivity contribution >= 4 is 23.9 Å². The van der Waals surface area contributed by atoms with Crippen LogP contribution in [-0.2, 0) is 0 Å². The Labute approximate surface area is 125 Å². The van der Waals surface area contributed by atoms with Crippen molar-refractivity contribution in [3.63, 3.8) is 0 Å². The predicted octanol–water partition coefficient (Wildman–Crippen LogP) is 0.0445. The molecule has 8 heteroatoms. The molecule has 22 heavy (non-hydrogen) atoms. The zero-order valence-electron chi connectivity index (χ0n) is 11.4. The fourth-order valence-electron chi connectivity index (χ4n) is 2.19. The molecule has 0 bridgehead atoms. The molecule has 112 valence electrons. The van der Waals surface area contributed by atoms with Crippen molar-refractivity contribution in [2.75, 3.05) is 5.43 Å². The number of hydrogen-bond donors (Lipinski definition) is 4. The van der Waals surface area contributed by atoms with Gasteiger partial charge < -0.3 is 16.9 Å². The summed E-state index contributed by atoms with van der Waals surface area (Å²) in [6.45, 7) is 0. The molecule has 0 unspecified atom stereocenters. The Balaban J connectivity index is 2.83. The Bertz CT molecular complexity index is 773. The number of pyridine rings is 1. The SMILES string of the molecule is NNc1nccc(-c2cccc(C(N)=O)c2C=O)c1C(N)=O. The van der Waals surface area contributed by atoms with Crippen LogP contribution in [-0.4, -0.2) is 23.1 Å². The normalized spacial score (nSPS) is 10.0. The highest BCUT2D eigenvalue weighted by Gasteiger charge is 2.20. The first-order valence-electron chi connectivity index (χ1n) is 6.15. The summed E-state index contributed by atoms with van der Waals surface area (Å²) >= 11 is 0. The Hall–Kier alpha value is -3.26. The summed E-state index contributed by atoms with van der Waals surface area (Å²) in [5.41, 5.74) is 13.7. The third kappa shape index (κ3) is 2.50. The Kier molecular flexibility index (Phi) is 4.14. The molecule has 0 aliphatic heterocycles. The quantitative estimate of drug-likeness (QED) is 0.347. The van der Waals surface area contributed by atoms with E-state index in [2.05, 4.69) is 10.4 Å². The number of hydrogen-bond acceptors (Lipinski definition) is 6. The summed E-state index contributed by atoms with van der Waals surface area (Å²) in [6, 6.07) is 6.03. The van der Waals surface area contributed by atoms with E-state index < -0.39 is 11.8 Å². The van der Waals surface area contributed by atoms with Gasteiger partial charge in [0.15, 0.2) is 12.1 Å². The summed E-state index contributed by atoms with van der Waals surface area (Å²) < 4.78 is 0. The van der Waals surface area contributed by atoms with Crippen LogP contribution >= 0.6 is 0 Å². The molecule has 8 nitrogen and oxygen atoms in total. The number of carbonyl (C=O) groups is 3. The molecule has 0 aliphatic rings. The standard InChI is InChI=1S/C14H13N5O3/c15-12(21)9-3-1-2-7(10(9)6-20)8-4-5-18-14(19-17)11(8)13(16)22/h1-6H,17H2,(H2,15,21)(H2,16,22)(H,18,19). The van der Waals surface area contributed by atoms with Gasteiger partial charge in [-0.1, -0.05) is 12.1 Å². The van der Waals surface area contributed by atoms with E-state index in [9.17, 15) is 14.4 Å². The summed E-state index contributed by atoms with van der Waals surface area (Å²) in [7, 11) is 0. The number of nitrogens with two attached hydrogens (primary N) is 3. The molecule has 0 saturated heterocycles. The Morgan fingerprint density at radius 2 is 1.82 bits per heavy atom. The van der Waals surface area contributed by atoms with Gasteiger partial charge in [-0.3, -0.25) is 14.4 Å². The number of rotatable bonds is 5. The lowest BCUT2D eigenvalue weighted by Crippen LogP contribution is -2.20. The zero-order valence-corrected chi connectivity index (χ0v) is 11.4. The molecule has 2 amide bonds. The highest BCUT2D eigenvalue weighted by atomic mass is 16.1. The number of primary amides is 2. The van der Waals surface area contributed by atoms with Crippen LogP contribution in [0.2, 0.25) is 0 Å². The highest BCUT2D eigenvalue weighted by Crippen LogP contribution is 2.30. The van der Waals surface area contributed by atoms with Crippen LogP contribution in [0.5, 0.6) is 0 Å². The summed E-state index contributed by atoms with van der Waals surface area (Å²) in [5, 5.41) is 0. The largest absolute Gasteiger partial charge is 0.366 e. The minimum absolute atomic E-state index is 0.00900. The van der Waals surface area contributed by atoms with Gasteiger partial charge in [-0.05, 0) is 17.7 Å². The first-order valence-corrected chi connectivity index (χ1v) is 6.15. The van der Waals surface area contributed by atoms with Gasteiger partial charge in [0.25, 0.3) is 5.91 Å². The molecule has 1 heterocycles. The van der Waals surface area contributed by atoms with Crippen molar-refractivity contribution in [1.29, 1.82) is 0 Å². The van der Waals surface area contributed by atoms with Gasteiger partial charge in [-0.25, -0.2) is 10.8 Å². The third-order valence-corrected chi connectivity index (χ3v) is 3.11. The monoisotopic (exact) mass is 299 g/mol. The lowest BCUT2D eigenvalue weighted by molar-refractivity contribution is 0.0990. The highest BCUT2D eigenvalue weighted by molar-refractivity contribution is 6.09. The van der Waals surface area contributed by atoms with Gasteiger partial charge in [-0.2, -0.15) is 0 Å². The van der Waals surface area contributed by atoms with E-state index in [0.29, 0.717) is 17.4 Å². The second-order valence-corrected chi connectivity index (χ2v) is 4.34. The van der Waals surface area contributed by atoms with Crippen LogP contribution in [0.1, 0.15) is 31.1 Å². The van der Waals surface area contributed by atoms with E-state index in [1.54, 1.807) is 12.1 Å². The molecule has 0 saturated carbocycles. The summed E-state index contributed by atoms with van der Waals surface area (Å²) in [6.07, 6.45) is 1.89. The number of nitrogens with one attached hydrogen (secondary N) is 1. The molecule has 0 radical (unpaired) electrons. The predicted molar refractivity (Wildman–Crippen MR) is 79.9 cm³/mol. The second kappa shape index (κ2) is 6.02. The van der Waals surface area contributed by atoms with E-state index >= 15 is 0 Å². The van der Waals surface area contributed by atoms with Crippen molar-refractivity contribution in [2.24, 2.45) is 17.3 Å². The topological polar surface area (TPSA) is 154 Å². The Morgan fingerprint density at radius 3 is 2.36 bits per heavy atom. The fraction of sp³-hybridized carbons (Fsp3) is 0. The van der Waals surface area contributed by atoms with Crippen molar-refractivity contribution in [3.05, 3.63) is 47.2 Å². The lowest BCUT2D eigenvalue weighted by Gasteiger charge is -2.13. The van der Waals surface area contributed by atoms with Crippen LogP contribution in [0, 0.1) is 0 Å². The van der Waals surface area contributed by atoms with Crippen LogP contribution in [0.4, 0.5) is 5.82 Å². The summed E-state index contributed by atoms with van der Waals surface area (Å²) in [4.78, 5) is 38.4. The molecule has 1 aromatic heterocycles. The molecule has 0 atom stereocenters. The van der Waals surface area contributed by atoms with Crippen molar-refractivity contribution in [1.82, 2.24) is 4.98 Å². The number of benzene rings is 1. The Morgan fingerprint density at radius 1 is 1.09 bits per heavy atom. The number of aldehydes is 1. The molecule has 0 aliphatic carbocycles. The molecular formula is C14H13N5O3. The first-order chi connectivity index (χ1) is 10.5. The van der Waals surface area contributed by atoms with Gasteiger partial charge in [0.1, 0.15) is 0 Å². The molecular weight excluding hydrogens is 286 g/mol. The van der Waals surface area contributed by atoms with Gasteiger partial charge in [-0.15, -0.1) is 0 Å². The molecule has 7 N–H and O–H groups in total. The average Bonchev–Trinajstić information content (AvgIpc) is 2.52. The van der Waals surface area contributed by atoms with Gasteiger partial charge in [0, 0.05) is 17.3 Å². The van der Waals surface area contributed by atoms with E-state index in [0.717, 1.165) is 0 Å². The smallest absolute Gasteiger partial charge is 0.253 e. The number of amides is 2. The molecule has 1 aromatic carbocycles. The molecule has 2 aromatic rings. The fourth-order valence-corrected chi connectivity index (χ4v) is 2.19. The van der Waals surface area contributed by atoms with Gasteiger partial charge >= 0.3 is 0 Å². The number of anilines is 1. The third-order valence-electron chi connectivity index (χ3n) is 3.11. The van der Waals surface area contributed by atoms with Crippen LogP contribution in [0.3, 0.4) is 0 Å². The maximum absolute atomic E-state index is 11.7. The minimum atomic E-state index is -0.780. The first kappa shape index (κ1) is 15.1. The minimum Gasteiger partial charge on any atom is -0.366 e. The summed E-state index contributed by atoms with van der Waals surface area (Å²) in [5.74, 6) is 3.85. The van der Waals surface area contributed by atoms with Gasteiger partial charge in [0.2, 0.25) is 5.91 Å². The van der Waals surface area contributed by atoms with Crippen molar-refractivity contribution in [3.8, 4) is 11.1 Å². The van der Waals surface area contributed by atoms with Crippen LogP contribution in [0.15, 0.2) is 30.5 Å². The second-order valence-electron chi connectivity index (χ2n) is 4.34. The van der Waals surface area contributed by atoms with Gasteiger partial charge in [0.05, 0.1) is 11.1 Å². The number of hydrazine groups is 1. The molecule has 0 fully saturated rings. The van der Waals surface area contributed by atoms with Crippen molar-refractivity contribution < 1.29 is 14.4 Å². The van der Waals surface area contributed by atoms with E-state index in [1.165, 1.54) is 18.3 Å². The molecule has 0 spiro atoms. The van der Waals surface area contributed by atoms with Crippen LogP contribution in [0.25, 0.3) is 11.1 Å². The maximum atomic E-state index is 11.7. The maximum Gasteiger partial charge on any atom is 0.253 e. The molecule has 2 rings (SSSR count). The number of aromatic nitrogens is 1. The van der Waals surface area contributed by atoms with E-state index in [4.69, 9.17) is 17.3 Å². The number of nitrogens with zero attached hydrogens (tertiary/aromatic N) is 1. The average molecular weight is 299 g/mol.